The van der Waals surface area contributed by atoms with Crippen LogP contribution >= 0.6 is 0 Å². The van der Waals surface area contributed by atoms with Crippen molar-refractivity contribution in [1.82, 2.24) is 10.2 Å². The Kier molecular flexibility index (Phi) is 5.99. The molecular formula is C18H26N2O2. The van der Waals surface area contributed by atoms with Gasteiger partial charge in [-0.05, 0) is 44.2 Å². The number of carbonyl (C=O) groups is 2. The Morgan fingerprint density at radius 3 is 2.68 bits per heavy atom. The van der Waals surface area contributed by atoms with Crippen molar-refractivity contribution in [3.05, 3.63) is 35.4 Å². The molecule has 1 fully saturated rings. The van der Waals surface area contributed by atoms with Crippen molar-refractivity contribution < 1.29 is 9.59 Å². The van der Waals surface area contributed by atoms with Crippen molar-refractivity contribution in [2.75, 3.05) is 19.6 Å². The molecule has 2 rings (SSSR count). The highest BCUT2D eigenvalue weighted by Gasteiger charge is 2.24. The van der Waals surface area contributed by atoms with Crippen LogP contribution in [0.2, 0.25) is 0 Å². The van der Waals surface area contributed by atoms with Crippen molar-refractivity contribution in [3.63, 3.8) is 0 Å². The summed E-state index contributed by atoms with van der Waals surface area (Å²) >= 11 is 0. The van der Waals surface area contributed by atoms with E-state index in [-0.39, 0.29) is 11.8 Å². The highest BCUT2D eigenvalue weighted by molar-refractivity contribution is 5.94. The van der Waals surface area contributed by atoms with Crippen molar-refractivity contribution in [1.29, 1.82) is 0 Å². The first-order valence-electron chi connectivity index (χ1n) is 8.22. The van der Waals surface area contributed by atoms with Crippen LogP contribution in [-0.2, 0) is 4.79 Å². The SMILES string of the molecule is CCCC(=O)NCC1CCCN(C(=O)c2ccc(C)cc2)C1. The maximum Gasteiger partial charge on any atom is 0.253 e. The zero-order valence-electron chi connectivity index (χ0n) is 13.6. The summed E-state index contributed by atoms with van der Waals surface area (Å²) in [6.07, 6.45) is 3.53. The van der Waals surface area contributed by atoms with E-state index in [1.807, 2.05) is 43.0 Å². The molecule has 4 nitrogen and oxygen atoms in total. The molecule has 4 heteroatoms. The van der Waals surface area contributed by atoms with Gasteiger partial charge < -0.3 is 10.2 Å². The lowest BCUT2D eigenvalue weighted by molar-refractivity contribution is -0.121. The lowest BCUT2D eigenvalue weighted by Gasteiger charge is -2.33. The number of benzene rings is 1. The van der Waals surface area contributed by atoms with E-state index in [9.17, 15) is 9.59 Å². The van der Waals surface area contributed by atoms with Gasteiger partial charge in [0.2, 0.25) is 5.91 Å². The minimum absolute atomic E-state index is 0.101. The first-order valence-corrected chi connectivity index (χ1v) is 8.22. The minimum atomic E-state index is 0.101. The summed E-state index contributed by atoms with van der Waals surface area (Å²) in [6.45, 7) is 6.24. The third kappa shape index (κ3) is 4.58. The summed E-state index contributed by atoms with van der Waals surface area (Å²) in [4.78, 5) is 26.0. The summed E-state index contributed by atoms with van der Waals surface area (Å²) < 4.78 is 0. The molecule has 120 valence electrons. The number of nitrogens with one attached hydrogen (secondary N) is 1. The highest BCUT2D eigenvalue weighted by atomic mass is 16.2. The molecule has 1 aromatic carbocycles. The Hall–Kier alpha value is -1.84. The Balaban J connectivity index is 1.88. The van der Waals surface area contributed by atoms with Crippen LogP contribution in [0.5, 0.6) is 0 Å². The van der Waals surface area contributed by atoms with Gasteiger partial charge >= 0.3 is 0 Å². The Morgan fingerprint density at radius 1 is 1.27 bits per heavy atom. The molecular weight excluding hydrogens is 276 g/mol. The number of piperidine rings is 1. The summed E-state index contributed by atoms with van der Waals surface area (Å²) in [7, 11) is 0. The fraction of sp³-hybridized carbons (Fsp3) is 0.556. The number of nitrogens with zero attached hydrogens (tertiary/aromatic N) is 1. The number of likely N-dealkylation sites (tertiary alicyclic amines) is 1. The molecule has 0 aromatic heterocycles. The number of rotatable bonds is 5. The van der Waals surface area contributed by atoms with Gasteiger partial charge in [-0.1, -0.05) is 24.6 Å². The number of carbonyl (C=O) groups excluding carboxylic acids is 2. The van der Waals surface area contributed by atoms with Gasteiger partial charge in [0, 0.05) is 31.6 Å². The van der Waals surface area contributed by atoms with Gasteiger partial charge in [-0.2, -0.15) is 0 Å². The maximum atomic E-state index is 12.5. The lowest BCUT2D eigenvalue weighted by atomic mass is 9.97. The number of aryl methyl sites for hydroxylation is 1. The van der Waals surface area contributed by atoms with E-state index >= 15 is 0 Å². The van der Waals surface area contributed by atoms with Gasteiger partial charge in [0.15, 0.2) is 0 Å². The molecule has 0 spiro atoms. The Bertz CT molecular complexity index is 510. The van der Waals surface area contributed by atoms with Crippen molar-refractivity contribution >= 4 is 11.8 Å². The fourth-order valence-electron chi connectivity index (χ4n) is 2.87. The predicted molar refractivity (Wildman–Crippen MR) is 87.7 cm³/mol. The largest absolute Gasteiger partial charge is 0.356 e. The third-order valence-corrected chi connectivity index (χ3v) is 4.17. The summed E-state index contributed by atoms with van der Waals surface area (Å²) in [5.74, 6) is 0.582. The number of amides is 2. The standard InChI is InChI=1S/C18H26N2O2/c1-3-5-17(21)19-12-15-6-4-11-20(13-15)18(22)16-9-7-14(2)8-10-16/h7-10,15H,3-6,11-13H2,1-2H3,(H,19,21). The first kappa shape index (κ1) is 16.5. The molecule has 1 N–H and O–H groups in total. The summed E-state index contributed by atoms with van der Waals surface area (Å²) in [5.41, 5.74) is 1.91. The number of hydrogen-bond donors (Lipinski definition) is 1. The van der Waals surface area contributed by atoms with Gasteiger partial charge in [-0.25, -0.2) is 0 Å². The van der Waals surface area contributed by atoms with Gasteiger partial charge in [-0.15, -0.1) is 0 Å². The zero-order valence-corrected chi connectivity index (χ0v) is 13.6. The summed E-state index contributed by atoms with van der Waals surface area (Å²) in [5, 5.41) is 2.98. The van der Waals surface area contributed by atoms with Crippen LogP contribution in [0.4, 0.5) is 0 Å². The van der Waals surface area contributed by atoms with Crippen LogP contribution in [0.1, 0.15) is 48.5 Å². The van der Waals surface area contributed by atoms with Gasteiger partial charge in [-0.3, -0.25) is 9.59 Å². The van der Waals surface area contributed by atoms with E-state index in [2.05, 4.69) is 5.32 Å². The third-order valence-electron chi connectivity index (χ3n) is 4.17. The van der Waals surface area contributed by atoms with E-state index in [1.54, 1.807) is 0 Å². The highest BCUT2D eigenvalue weighted by Crippen LogP contribution is 2.18. The second-order valence-corrected chi connectivity index (χ2v) is 6.18. The monoisotopic (exact) mass is 302 g/mol. The van der Waals surface area contributed by atoms with Crippen LogP contribution in [0.3, 0.4) is 0 Å². The number of hydrogen-bond acceptors (Lipinski definition) is 2. The molecule has 1 aliphatic rings. The molecule has 1 saturated heterocycles. The average Bonchev–Trinajstić information content (AvgIpc) is 2.53. The van der Waals surface area contributed by atoms with E-state index in [0.717, 1.165) is 43.5 Å². The Morgan fingerprint density at radius 2 is 2.00 bits per heavy atom. The van der Waals surface area contributed by atoms with E-state index in [0.29, 0.717) is 18.9 Å². The molecule has 1 heterocycles. The molecule has 0 aliphatic carbocycles. The molecule has 0 saturated carbocycles. The van der Waals surface area contributed by atoms with Crippen LogP contribution in [0.25, 0.3) is 0 Å². The first-order chi connectivity index (χ1) is 10.6. The molecule has 1 unspecified atom stereocenters. The van der Waals surface area contributed by atoms with E-state index < -0.39 is 0 Å². The average molecular weight is 302 g/mol. The van der Waals surface area contributed by atoms with Crippen LogP contribution in [-0.4, -0.2) is 36.3 Å². The van der Waals surface area contributed by atoms with Crippen molar-refractivity contribution in [2.24, 2.45) is 5.92 Å². The quantitative estimate of drug-likeness (QED) is 0.909. The Labute approximate surface area is 132 Å². The lowest BCUT2D eigenvalue weighted by Crippen LogP contribution is -2.43. The topological polar surface area (TPSA) is 49.4 Å². The molecule has 0 radical (unpaired) electrons. The van der Waals surface area contributed by atoms with Crippen LogP contribution < -0.4 is 5.32 Å². The van der Waals surface area contributed by atoms with Crippen LogP contribution in [0, 0.1) is 12.8 Å². The van der Waals surface area contributed by atoms with E-state index in [4.69, 9.17) is 0 Å². The molecule has 1 aromatic rings. The molecule has 0 bridgehead atoms. The summed E-state index contributed by atoms with van der Waals surface area (Å²) in [6, 6.07) is 7.73. The molecule has 22 heavy (non-hydrogen) atoms. The second-order valence-electron chi connectivity index (χ2n) is 6.18. The maximum absolute atomic E-state index is 12.5. The van der Waals surface area contributed by atoms with E-state index in [1.165, 1.54) is 0 Å². The smallest absolute Gasteiger partial charge is 0.253 e. The van der Waals surface area contributed by atoms with Crippen molar-refractivity contribution in [2.45, 2.75) is 39.5 Å². The van der Waals surface area contributed by atoms with Crippen LogP contribution in [0.15, 0.2) is 24.3 Å². The van der Waals surface area contributed by atoms with Gasteiger partial charge in [0.25, 0.3) is 5.91 Å². The molecule has 1 atom stereocenters. The minimum Gasteiger partial charge on any atom is -0.356 e. The molecule has 1 aliphatic heterocycles. The van der Waals surface area contributed by atoms with Gasteiger partial charge in [0.05, 0.1) is 0 Å². The zero-order chi connectivity index (χ0) is 15.9. The predicted octanol–water partition coefficient (Wildman–Crippen LogP) is 2.76. The second kappa shape index (κ2) is 7.97. The normalized spacial score (nSPS) is 18.1. The van der Waals surface area contributed by atoms with Gasteiger partial charge in [0.1, 0.15) is 0 Å². The molecule has 2 amide bonds. The van der Waals surface area contributed by atoms with Crippen molar-refractivity contribution in [3.8, 4) is 0 Å². The fourth-order valence-corrected chi connectivity index (χ4v) is 2.87.